The third-order valence-corrected chi connectivity index (χ3v) is 3.52. The van der Waals surface area contributed by atoms with Crippen LogP contribution in [0.25, 0.3) is 11.3 Å². The number of amides is 1. The molecule has 3 aromatic rings. The average molecular weight is 307 g/mol. The molecule has 0 aliphatic rings. The molecule has 0 radical (unpaired) electrons. The smallest absolute Gasteiger partial charge is 0.289 e. The largest absolute Gasteiger partial charge is 0.350 e. The van der Waals surface area contributed by atoms with E-state index in [0.717, 1.165) is 17.0 Å². The van der Waals surface area contributed by atoms with Gasteiger partial charge in [-0.3, -0.25) is 9.89 Å². The first-order valence-electron chi connectivity index (χ1n) is 7.20. The molecule has 0 fully saturated rings. The highest BCUT2D eigenvalue weighted by Crippen LogP contribution is 2.18. The van der Waals surface area contributed by atoms with Gasteiger partial charge >= 0.3 is 0 Å². The second-order valence-corrected chi connectivity index (χ2v) is 5.28. The quantitative estimate of drug-likeness (QED) is 0.574. The Balaban J connectivity index is 1.68. The molecule has 0 aliphatic carbocycles. The van der Waals surface area contributed by atoms with E-state index in [0.29, 0.717) is 5.69 Å². The molecule has 2 heterocycles. The van der Waals surface area contributed by atoms with E-state index in [-0.39, 0.29) is 5.91 Å². The van der Waals surface area contributed by atoms with Gasteiger partial charge in [0, 0.05) is 18.8 Å². The predicted octanol–water partition coefficient (Wildman–Crippen LogP) is 2.49. The Morgan fingerprint density at radius 3 is 2.78 bits per heavy atom. The number of aromatic nitrogens is 3. The van der Waals surface area contributed by atoms with E-state index < -0.39 is 0 Å². The third kappa shape index (κ3) is 3.37. The van der Waals surface area contributed by atoms with Crippen molar-refractivity contribution >= 4 is 12.1 Å². The number of nitrogens with zero attached hydrogens (tertiary/aromatic N) is 3. The van der Waals surface area contributed by atoms with Crippen molar-refractivity contribution in [1.29, 1.82) is 0 Å². The first kappa shape index (κ1) is 14.8. The van der Waals surface area contributed by atoms with Crippen molar-refractivity contribution in [2.45, 2.75) is 6.92 Å². The molecule has 23 heavy (non-hydrogen) atoms. The Morgan fingerprint density at radius 2 is 2.09 bits per heavy atom. The maximum Gasteiger partial charge on any atom is 0.289 e. The van der Waals surface area contributed by atoms with Gasteiger partial charge in [0.1, 0.15) is 5.69 Å². The lowest BCUT2D eigenvalue weighted by atomic mass is 10.1. The molecule has 0 spiro atoms. The molecule has 0 aliphatic heterocycles. The lowest BCUT2D eigenvalue weighted by Gasteiger charge is -1.97. The van der Waals surface area contributed by atoms with E-state index >= 15 is 0 Å². The zero-order chi connectivity index (χ0) is 16.2. The standard InChI is InChI=1S/C17H17N5O/c1-12-5-7-13(8-6-12)15-10-16(20-19-15)17(23)21-18-11-14-4-3-9-22(14)2/h3-11H,1-2H3,(H,19,20)(H,21,23)/b18-11+. The maximum atomic E-state index is 12.1. The second kappa shape index (κ2) is 6.31. The zero-order valence-electron chi connectivity index (χ0n) is 12.9. The number of aromatic amines is 1. The Labute approximate surface area is 133 Å². The van der Waals surface area contributed by atoms with Crippen molar-refractivity contribution in [2.75, 3.05) is 0 Å². The Morgan fingerprint density at radius 1 is 1.30 bits per heavy atom. The summed E-state index contributed by atoms with van der Waals surface area (Å²) in [6, 6.07) is 13.5. The van der Waals surface area contributed by atoms with Crippen LogP contribution in [-0.2, 0) is 7.05 Å². The molecule has 2 aromatic heterocycles. The van der Waals surface area contributed by atoms with E-state index in [2.05, 4.69) is 20.7 Å². The minimum absolute atomic E-state index is 0.332. The molecule has 0 bridgehead atoms. The van der Waals surface area contributed by atoms with E-state index in [1.165, 1.54) is 5.56 Å². The molecule has 2 N–H and O–H groups in total. The summed E-state index contributed by atoms with van der Waals surface area (Å²) in [5, 5.41) is 10.9. The fraction of sp³-hybridized carbons (Fsp3) is 0.118. The van der Waals surface area contributed by atoms with Crippen LogP contribution >= 0.6 is 0 Å². The van der Waals surface area contributed by atoms with Crippen molar-refractivity contribution in [3.63, 3.8) is 0 Å². The molecule has 0 saturated heterocycles. The normalized spacial score (nSPS) is 11.0. The fourth-order valence-corrected chi connectivity index (χ4v) is 2.14. The first-order valence-corrected chi connectivity index (χ1v) is 7.20. The van der Waals surface area contributed by atoms with E-state index in [4.69, 9.17) is 0 Å². The number of benzene rings is 1. The number of carbonyl (C=O) groups excluding carboxylic acids is 1. The van der Waals surface area contributed by atoms with Gasteiger partial charge in [-0.1, -0.05) is 29.8 Å². The number of carbonyl (C=O) groups is 1. The van der Waals surface area contributed by atoms with Crippen LogP contribution in [0.15, 0.2) is 53.8 Å². The highest BCUT2D eigenvalue weighted by molar-refractivity contribution is 5.94. The van der Waals surface area contributed by atoms with Crippen LogP contribution in [0.3, 0.4) is 0 Å². The van der Waals surface area contributed by atoms with Crippen LogP contribution in [0.2, 0.25) is 0 Å². The van der Waals surface area contributed by atoms with Crippen LogP contribution in [0.5, 0.6) is 0 Å². The summed E-state index contributed by atoms with van der Waals surface area (Å²) in [5.74, 6) is -0.332. The number of nitrogens with one attached hydrogen (secondary N) is 2. The molecule has 6 heteroatoms. The lowest BCUT2D eigenvalue weighted by Crippen LogP contribution is -2.18. The summed E-state index contributed by atoms with van der Waals surface area (Å²) in [7, 11) is 1.91. The monoisotopic (exact) mass is 307 g/mol. The molecule has 116 valence electrons. The van der Waals surface area contributed by atoms with Gasteiger partial charge in [-0.25, -0.2) is 5.43 Å². The zero-order valence-corrected chi connectivity index (χ0v) is 12.9. The lowest BCUT2D eigenvalue weighted by molar-refractivity contribution is 0.0950. The SMILES string of the molecule is Cc1ccc(-c2cc(C(=O)N/N=C/c3cccn3C)[nH]n2)cc1. The van der Waals surface area contributed by atoms with Gasteiger partial charge in [0.25, 0.3) is 5.91 Å². The van der Waals surface area contributed by atoms with Gasteiger partial charge in [0.05, 0.1) is 17.6 Å². The fourth-order valence-electron chi connectivity index (χ4n) is 2.14. The summed E-state index contributed by atoms with van der Waals surface area (Å²) in [6.07, 6.45) is 3.50. The predicted molar refractivity (Wildman–Crippen MR) is 89.2 cm³/mol. The molecule has 3 rings (SSSR count). The summed E-state index contributed by atoms with van der Waals surface area (Å²) in [6.45, 7) is 2.03. The Kier molecular flexibility index (Phi) is 4.05. The number of hydrazone groups is 1. The molecule has 0 unspecified atom stereocenters. The van der Waals surface area contributed by atoms with Crippen molar-refractivity contribution in [2.24, 2.45) is 12.1 Å². The number of aryl methyl sites for hydroxylation is 2. The third-order valence-electron chi connectivity index (χ3n) is 3.52. The molecular formula is C17H17N5O. The van der Waals surface area contributed by atoms with Crippen LogP contribution in [0.4, 0.5) is 0 Å². The summed E-state index contributed by atoms with van der Waals surface area (Å²) in [5.41, 5.74) is 6.61. The van der Waals surface area contributed by atoms with Gasteiger partial charge in [-0.2, -0.15) is 10.2 Å². The Bertz CT molecular complexity index is 842. The van der Waals surface area contributed by atoms with Gasteiger partial charge in [0.15, 0.2) is 0 Å². The number of hydrogen-bond donors (Lipinski definition) is 2. The summed E-state index contributed by atoms with van der Waals surface area (Å²) >= 11 is 0. The summed E-state index contributed by atoms with van der Waals surface area (Å²) in [4.78, 5) is 12.1. The molecule has 1 amide bonds. The molecule has 0 saturated carbocycles. The van der Waals surface area contributed by atoms with Gasteiger partial charge in [-0.15, -0.1) is 0 Å². The highest BCUT2D eigenvalue weighted by atomic mass is 16.2. The van der Waals surface area contributed by atoms with Crippen molar-refractivity contribution in [3.05, 3.63) is 65.6 Å². The van der Waals surface area contributed by atoms with Crippen LogP contribution in [-0.4, -0.2) is 26.9 Å². The average Bonchev–Trinajstić information content (AvgIpc) is 3.18. The minimum atomic E-state index is -0.332. The van der Waals surface area contributed by atoms with Crippen molar-refractivity contribution in [1.82, 2.24) is 20.2 Å². The molecule has 0 atom stereocenters. The molecule has 6 nitrogen and oxygen atoms in total. The van der Waals surface area contributed by atoms with Crippen LogP contribution in [0.1, 0.15) is 21.7 Å². The van der Waals surface area contributed by atoms with Crippen LogP contribution in [0, 0.1) is 6.92 Å². The summed E-state index contributed by atoms with van der Waals surface area (Å²) < 4.78 is 1.90. The van der Waals surface area contributed by atoms with Gasteiger partial charge in [-0.05, 0) is 25.1 Å². The van der Waals surface area contributed by atoms with Gasteiger partial charge < -0.3 is 4.57 Å². The minimum Gasteiger partial charge on any atom is -0.350 e. The van der Waals surface area contributed by atoms with Crippen molar-refractivity contribution in [3.8, 4) is 11.3 Å². The van der Waals surface area contributed by atoms with Gasteiger partial charge in [0.2, 0.25) is 0 Å². The van der Waals surface area contributed by atoms with E-state index in [1.54, 1.807) is 12.3 Å². The highest BCUT2D eigenvalue weighted by Gasteiger charge is 2.10. The first-order chi connectivity index (χ1) is 11.1. The maximum absolute atomic E-state index is 12.1. The Hall–Kier alpha value is -3.15. The molecular weight excluding hydrogens is 290 g/mol. The van der Waals surface area contributed by atoms with E-state index in [1.807, 2.05) is 61.1 Å². The van der Waals surface area contributed by atoms with E-state index in [9.17, 15) is 4.79 Å². The number of rotatable bonds is 4. The number of hydrogen-bond acceptors (Lipinski definition) is 3. The van der Waals surface area contributed by atoms with Crippen molar-refractivity contribution < 1.29 is 4.79 Å². The topological polar surface area (TPSA) is 75.1 Å². The molecule has 1 aromatic carbocycles. The van der Waals surface area contributed by atoms with Crippen LogP contribution < -0.4 is 5.43 Å². The number of H-pyrrole nitrogens is 1. The second-order valence-electron chi connectivity index (χ2n) is 5.28.